The van der Waals surface area contributed by atoms with Crippen LogP contribution in [0.5, 0.6) is 0 Å². The van der Waals surface area contributed by atoms with Gasteiger partial charge in [0.1, 0.15) is 0 Å². The predicted molar refractivity (Wildman–Crippen MR) is 50.9 cm³/mol. The third-order valence-corrected chi connectivity index (χ3v) is 3.01. The lowest BCUT2D eigenvalue weighted by Crippen LogP contribution is -2.52. The van der Waals surface area contributed by atoms with Crippen LogP contribution in [0.4, 0.5) is 0 Å². The van der Waals surface area contributed by atoms with Crippen molar-refractivity contribution in [3.05, 3.63) is 0 Å². The Hall–Kier alpha value is -0.0800. The van der Waals surface area contributed by atoms with Gasteiger partial charge in [-0.3, -0.25) is 0 Å². The third kappa shape index (κ3) is 2.46. The van der Waals surface area contributed by atoms with E-state index in [-0.39, 0.29) is 0 Å². The van der Waals surface area contributed by atoms with Crippen molar-refractivity contribution in [2.24, 2.45) is 0 Å². The summed E-state index contributed by atoms with van der Waals surface area (Å²) in [7, 11) is 0. The SMILES string of the molecule is CCOC[N+]1(CC)CCCCC1. The number of nitrogens with zero attached hydrogens (tertiary/aromatic N) is 1. The van der Waals surface area contributed by atoms with Gasteiger partial charge in [0.05, 0.1) is 19.6 Å². The van der Waals surface area contributed by atoms with Gasteiger partial charge in [-0.25, -0.2) is 0 Å². The molecule has 2 nitrogen and oxygen atoms in total. The van der Waals surface area contributed by atoms with E-state index in [1.807, 2.05) is 0 Å². The highest BCUT2D eigenvalue weighted by Gasteiger charge is 2.27. The van der Waals surface area contributed by atoms with Gasteiger partial charge >= 0.3 is 0 Å². The minimum atomic E-state index is 0.861. The molecule has 0 amide bonds. The van der Waals surface area contributed by atoms with Gasteiger partial charge in [0, 0.05) is 6.61 Å². The lowest BCUT2D eigenvalue weighted by Gasteiger charge is -2.40. The Morgan fingerprint density at radius 2 is 1.75 bits per heavy atom. The highest BCUT2D eigenvalue weighted by Crippen LogP contribution is 2.18. The summed E-state index contributed by atoms with van der Waals surface area (Å²) in [5, 5.41) is 0. The van der Waals surface area contributed by atoms with Gasteiger partial charge in [-0.05, 0) is 33.1 Å². The van der Waals surface area contributed by atoms with Crippen LogP contribution >= 0.6 is 0 Å². The molecule has 0 N–H and O–H groups in total. The van der Waals surface area contributed by atoms with Crippen LogP contribution in [0.25, 0.3) is 0 Å². The van der Waals surface area contributed by atoms with E-state index in [2.05, 4.69) is 13.8 Å². The van der Waals surface area contributed by atoms with Crippen LogP contribution in [-0.2, 0) is 4.74 Å². The predicted octanol–water partition coefficient (Wildman–Crippen LogP) is 2.00. The van der Waals surface area contributed by atoms with E-state index < -0.39 is 0 Å². The average Bonchev–Trinajstić information content (AvgIpc) is 2.16. The Bertz CT molecular complexity index is 119. The fourth-order valence-corrected chi connectivity index (χ4v) is 2.00. The first-order valence-corrected chi connectivity index (χ1v) is 5.26. The molecule has 1 aliphatic heterocycles. The van der Waals surface area contributed by atoms with E-state index in [4.69, 9.17) is 4.74 Å². The van der Waals surface area contributed by atoms with Crippen molar-refractivity contribution in [2.45, 2.75) is 33.1 Å². The summed E-state index contributed by atoms with van der Waals surface area (Å²) >= 11 is 0. The largest absolute Gasteiger partial charge is 0.332 e. The fourth-order valence-electron chi connectivity index (χ4n) is 2.00. The molecule has 1 aliphatic rings. The quantitative estimate of drug-likeness (QED) is 0.589. The average molecular weight is 172 g/mol. The number of piperidine rings is 1. The molecular formula is C10H22NO+. The van der Waals surface area contributed by atoms with Crippen LogP contribution in [-0.4, -0.2) is 37.5 Å². The zero-order chi connectivity index (χ0) is 8.86. The van der Waals surface area contributed by atoms with E-state index in [9.17, 15) is 0 Å². The Kier molecular flexibility index (Phi) is 4.02. The van der Waals surface area contributed by atoms with Crippen LogP contribution < -0.4 is 0 Å². The molecule has 12 heavy (non-hydrogen) atoms. The van der Waals surface area contributed by atoms with Crippen molar-refractivity contribution in [1.82, 2.24) is 0 Å². The van der Waals surface area contributed by atoms with Crippen molar-refractivity contribution < 1.29 is 9.22 Å². The molecule has 1 rings (SSSR count). The first-order valence-electron chi connectivity index (χ1n) is 5.26. The summed E-state index contributed by atoms with van der Waals surface area (Å²) in [6.45, 7) is 10.1. The molecule has 0 aromatic carbocycles. The molecule has 1 saturated heterocycles. The number of ether oxygens (including phenoxy) is 1. The van der Waals surface area contributed by atoms with Gasteiger partial charge in [-0.2, -0.15) is 0 Å². The minimum absolute atomic E-state index is 0.861. The van der Waals surface area contributed by atoms with Gasteiger partial charge in [-0.1, -0.05) is 0 Å². The lowest BCUT2D eigenvalue weighted by molar-refractivity contribution is -0.948. The second-order valence-corrected chi connectivity index (χ2v) is 3.79. The first kappa shape index (κ1) is 10.0. The Morgan fingerprint density at radius 3 is 2.25 bits per heavy atom. The van der Waals surface area contributed by atoms with E-state index in [1.54, 1.807) is 0 Å². The van der Waals surface area contributed by atoms with Crippen LogP contribution in [0.3, 0.4) is 0 Å². The number of likely N-dealkylation sites (tertiary alicyclic amines) is 1. The van der Waals surface area contributed by atoms with Crippen LogP contribution in [0, 0.1) is 0 Å². The second kappa shape index (κ2) is 4.83. The summed E-state index contributed by atoms with van der Waals surface area (Å²) in [6.07, 6.45) is 4.20. The molecule has 0 radical (unpaired) electrons. The molecule has 1 fully saturated rings. The Balaban J connectivity index is 2.37. The maximum Gasteiger partial charge on any atom is 0.183 e. The summed E-state index contributed by atoms with van der Waals surface area (Å²) in [4.78, 5) is 0. The molecule has 0 bridgehead atoms. The third-order valence-electron chi connectivity index (χ3n) is 3.01. The summed E-state index contributed by atoms with van der Waals surface area (Å²) < 4.78 is 6.74. The normalized spacial score (nSPS) is 22.5. The lowest BCUT2D eigenvalue weighted by atomic mass is 10.1. The highest BCUT2D eigenvalue weighted by atomic mass is 16.5. The fraction of sp³-hybridized carbons (Fsp3) is 1.00. The molecule has 0 aromatic heterocycles. The van der Waals surface area contributed by atoms with E-state index in [0.717, 1.165) is 13.3 Å². The molecule has 0 atom stereocenters. The second-order valence-electron chi connectivity index (χ2n) is 3.79. The van der Waals surface area contributed by atoms with Gasteiger partial charge in [0.25, 0.3) is 0 Å². The first-order chi connectivity index (χ1) is 5.83. The molecule has 2 heteroatoms. The van der Waals surface area contributed by atoms with Crippen molar-refractivity contribution in [1.29, 1.82) is 0 Å². The van der Waals surface area contributed by atoms with Crippen LogP contribution in [0.2, 0.25) is 0 Å². The van der Waals surface area contributed by atoms with Gasteiger partial charge in [-0.15, -0.1) is 0 Å². The maximum atomic E-state index is 5.54. The number of quaternary nitrogens is 1. The monoisotopic (exact) mass is 172 g/mol. The van der Waals surface area contributed by atoms with Crippen molar-refractivity contribution in [3.63, 3.8) is 0 Å². The Morgan fingerprint density at radius 1 is 1.08 bits per heavy atom. The Labute approximate surface area is 76.1 Å². The molecule has 1 heterocycles. The topological polar surface area (TPSA) is 9.23 Å². The summed E-state index contributed by atoms with van der Waals surface area (Å²) in [5.41, 5.74) is 0. The maximum absolute atomic E-state index is 5.54. The highest BCUT2D eigenvalue weighted by molar-refractivity contribution is 4.51. The van der Waals surface area contributed by atoms with E-state index >= 15 is 0 Å². The van der Waals surface area contributed by atoms with Gasteiger partial charge < -0.3 is 9.22 Å². The molecule has 0 aromatic rings. The van der Waals surface area contributed by atoms with Crippen LogP contribution in [0.15, 0.2) is 0 Å². The van der Waals surface area contributed by atoms with Crippen LogP contribution in [0.1, 0.15) is 33.1 Å². The zero-order valence-corrected chi connectivity index (χ0v) is 8.51. The minimum Gasteiger partial charge on any atom is -0.332 e. The molecule has 0 unspecified atom stereocenters. The molecule has 0 spiro atoms. The molecule has 0 saturated carbocycles. The summed E-state index contributed by atoms with van der Waals surface area (Å²) in [5.74, 6) is 0. The zero-order valence-electron chi connectivity index (χ0n) is 8.51. The van der Waals surface area contributed by atoms with Gasteiger partial charge in [0.2, 0.25) is 0 Å². The van der Waals surface area contributed by atoms with E-state index in [1.165, 1.54) is 43.4 Å². The standard InChI is InChI=1S/C10H22NO/c1-3-11(10-12-4-2)8-6-5-7-9-11/h3-10H2,1-2H3/q+1. The smallest absolute Gasteiger partial charge is 0.183 e. The van der Waals surface area contributed by atoms with Crippen molar-refractivity contribution in [3.8, 4) is 0 Å². The number of rotatable bonds is 4. The molecule has 0 aliphatic carbocycles. The van der Waals surface area contributed by atoms with E-state index in [0.29, 0.717) is 0 Å². The summed E-state index contributed by atoms with van der Waals surface area (Å²) in [6, 6.07) is 0. The number of hydrogen-bond acceptors (Lipinski definition) is 1. The molecule has 72 valence electrons. The molecular weight excluding hydrogens is 150 g/mol. The van der Waals surface area contributed by atoms with Crippen molar-refractivity contribution in [2.75, 3.05) is 33.0 Å². The number of hydrogen-bond donors (Lipinski definition) is 0. The van der Waals surface area contributed by atoms with Gasteiger partial charge in [0.15, 0.2) is 6.73 Å². The van der Waals surface area contributed by atoms with Crippen molar-refractivity contribution >= 4 is 0 Å².